The Kier molecular flexibility index (Phi) is 3.15. The van der Waals surface area contributed by atoms with Crippen molar-refractivity contribution in [1.29, 1.82) is 5.26 Å². The van der Waals surface area contributed by atoms with Gasteiger partial charge in [-0.2, -0.15) is 5.26 Å². The van der Waals surface area contributed by atoms with E-state index in [0.29, 0.717) is 30.1 Å². The second-order valence-corrected chi connectivity index (χ2v) is 7.22. The second-order valence-electron chi connectivity index (χ2n) is 7.22. The van der Waals surface area contributed by atoms with E-state index in [4.69, 9.17) is 25.4 Å². The molecule has 0 saturated heterocycles. The number of hydrogen-bond donors (Lipinski definition) is 1. The van der Waals surface area contributed by atoms with Gasteiger partial charge in [-0.1, -0.05) is 6.08 Å². The molecule has 0 spiro atoms. The van der Waals surface area contributed by atoms with Crippen molar-refractivity contribution in [1.82, 2.24) is 24.5 Å². The molecule has 1 aliphatic heterocycles. The Morgan fingerprint density at radius 3 is 2.85 bits per heavy atom. The van der Waals surface area contributed by atoms with Gasteiger partial charge < -0.3 is 15.0 Å². The highest BCUT2D eigenvalue weighted by Gasteiger charge is 2.34. The van der Waals surface area contributed by atoms with Crippen molar-refractivity contribution in [2.45, 2.75) is 32.4 Å². The number of aromatic nitrogens is 5. The summed E-state index contributed by atoms with van der Waals surface area (Å²) in [6, 6.07) is 3.74. The van der Waals surface area contributed by atoms with Crippen LogP contribution in [0.2, 0.25) is 0 Å². The lowest BCUT2D eigenvalue weighted by molar-refractivity contribution is -0.0530. The van der Waals surface area contributed by atoms with Gasteiger partial charge in [0.1, 0.15) is 28.8 Å². The van der Waals surface area contributed by atoms with E-state index in [1.54, 1.807) is 12.3 Å². The standard InChI is InChI=1S/C19H17N7O/c1-19(2)18-24-14-13(10-3-4-10)23-16(25-17(14)26(18)5-6-27-19)12-7-11(8-20)15(21)22-9-12/h3,7,9H,4-6H2,1-2H3,(H2,21,22). The average molecular weight is 359 g/mol. The SMILES string of the molecule is CC1(C)OCCn2c1nc1c(C3=CC3)nc(-c3cnc(N)c(C#N)c3)nc12. The third-order valence-electron chi connectivity index (χ3n) is 4.92. The van der Waals surface area contributed by atoms with Crippen LogP contribution in [0, 0.1) is 11.3 Å². The zero-order valence-corrected chi connectivity index (χ0v) is 15.0. The van der Waals surface area contributed by atoms with Crippen molar-refractivity contribution in [2.75, 3.05) is 12.3 Å². The van der Waals surface area contributed by atoms with Crippen molar-refractivity contribution >= 4 is 22.6 Å². The Balaban J connectivity index is 1.78. The minimum absolute atomic E-state index is 0.202. The molecule has 0 radical (unpaired) electrons. The van der Waals surface area contributed by atoms with Crippen LogP contribution in [0.25, 0.3) is 28.1 Å². The third-order valence-corrected chi connectivity index (χ3v) is 4.92. The number of nitriles is 1. The first kappa shape index (κ1) is 15.9. The lowest BCUT2D eigenvalue weighted by atomic mass is 10.1. The van der Waals surface area contributed by atoms with Crippen LogP contribution < -0.4 is 5.73 Å². The summed E-state index contributed by atoms with van der Waals surface area (Å²) in [5, 5.41) is 9.25. The summed E-state index contributed by atoms with van der Waals surface area (Å²) in [5.74, 6) is 1.57. The summed E-state index contributed by atoms with van der Waals surface area (Å²) in [6.45, 7) is 5.31. The molecule has 27 heavy (non-hydrogen) atoms. The maximum Gasteiger partial charge on any atom is 0.164 e. The van der Waals surface area contributed by atoms with Crippen LogP contribution in [0.1, 0.15) is 37.4 Å². The summed E-state index contributed by atoms with van der Waals surface area (Å²) in [5.41, 5.74) is 9.81. The van der Waals surface area contributed by atoms with Crippen LogP contribution in [0.15, 0.2) is 18.3 Å². The monoisotopic (exact) mass is 359 g/mol. The van der Waals surface area contributed by atoms with Gasteiger partial charge in [0.25, 0.3) is 0 Å². The summed E-state index contributed by atoms with van der Waals surface area (Å²) >= 11 is 0. The van der Waals surface area contributed by atoms with E-state index in [1.807, 2.05) is 13.8 Å². The number of fused-ring (bicyclic) bond motifs is 3. The number of nitrogens with zero attached hydrogens (tertiary/aromatic N) is 6. The van der Waals surface area contributed by atoms with Crippen molar-refractivity contribution in [3.8, 4) is 17.5 Å². The van der Waals surface area contributed by atoms with Crippen molar-refractivity contribution in [2.24, 2.45) is 0 Å². The fraction of sp³-hybridized carbons (Fsp3) is 0.316. The molecular formula is C19H17N7O. The van der Waals surface area contributed by atoms with Crippen LogP contribution in [-0.2, 0) is 16.9 Å². The van der Waals surface area contributed by atoms with Crippen LogP contribution in [0.4, 0.5) is 5.82 Å². The van der Waals surface area contributed by atoms with Gasteiger partial charge in [-0.05, 0) is 31.9 Å². The molecule has 8 nitrogen and oxygen atoms in total. The summed E-state index contributed by atoms with van der Waals surface area (Å²) in [4.78, 5) is 18.5. The van der Waals surface area contributed by atoms with E-state index in [1.165, 1.54) is 0 Å². The first-order valence-electron chi connectivity index (χ1n) is 8.76. The fourth-order valence-corrected chi connectivity index (χ4v) is 3.41. The molecule has 1 aliphatic carbocycles. The van der Waals surface area contributed by atoms with Crippen LogP contribution in [0.3, 0.4) is 0 Å². The molecule has 0 fully saturated rings. The van der Waals surface area contributed by atoms with Gasteiger partial charge in [-0.15, -0.1) is 0 Å². The average Bonchev–Trinajstić information content (AvgIpc) is 3.42. The van der Waals surface area contributed by atoms with Gasteiger partial charge in [0.15, 0.2) is 11.5 Å². The van der Waals surface area contributed by atoms with E-state index in [0.717, 1.165) is 34.7 Å². The van der Waals surface area contributed by atoms with Crippen LogP contribution in [0.5, 0.6) is 0 Å². The predicted octanol–water partition coefficient (Wildman–Crippen LogP) is 2.39. The highest BCUT2D eigenvalue weighted by molar-refractivity contribution is 5.91. The number of ether oxygens (including phenoxy) is 1. The third kappa shape index (κ3) is 2.39. The molecule has 134 valence electrons. The fourth-order valence-electron chi connectivity index (χ4n) is 3.41. The summed E-state index contributed by atoms with van der Waals surface area (Å²) in [6.07, 6.45) is 4.62. The van der Waals surface area contributed by atoms with Crippen molar-refractivity contribution < 1.29 is 4.74 Å². The van der Waals surface area contributed by atoms with Crippen LogP contribution >= 0.6 is 0 Å². The maximum absolute atomic E-state index is 9.25. The summed E-state index contributed by atoms with van der Waals surface area (Å²) < 4.78 is 7.99. The minimum atomic E-state index is -0.481. The van der Waals surface area contributed by atoms with Gasteiger partial charge in [0, 0.05) is 18.3 Å². The van der Waals surface area contributed by atoms with Crippen LogP contribution in [-0.4, -0.2) is 31.1 Å². The molecule has 3 aromatic rings. The highest BCUT2D eigenvalue weighted by atomic mass is 16.5. The Hall–Kier alpha value is -3.31. The number of nitrogens with two attached hydrogens (primary N) is 1. The van der Waals surface area contributed by atoms with E-state index in [9.17, 15) is 5.26 Å². The quantitative estimate of drug-likeness (QED) is 0.747. The zero-order valence-electron chi connectivity index (χ0n) is 15.0. The Morgan fingerprint density at radius 2 is 2.11 bits per heavy atom. The smallest absolute Gasteiger partial charge is 0.164 e. The summed E-state index contributed by atoms with van der Waals surface area (Å²) in [7, 11) is 0. The van der Waals surface area contributed by atoms with Gasteiger partial charge in [-0.25, -0.2) is 19.9 Å². The van der Waals surface area contributed by atoms with Crippen molar-refractivity contribution in [3.05, 3.63) is 35.4 Å². The molecule has 2 N–H and O–H groups in total. The topological polar surface area (TPSA) is 116 Å². The first-order chi connectivity index (χ1) is 13.0. The molecule has 0 bridgehead atoms. The lowest BCUT2D eigenvalue weighted by Gasteiger charge is -2.30. The Bertz CT molecular complexity index is 1180. The lowest BCUT2D eigenvalue weighted by Crippen LogP contribution is -2.33. The number of imidazole rings is 1. The van der Waals surface area contributed by atoms with Gasteiger partial charge >= 0.3 is 0 Å². The molecule has 3 aromatic heterocycles. The number of nitrogen functional groups attached to an aromatic ring is 1. The second kappa shape index (κ2) is 5.34. The highest BCUT2D eigenvalue weighted by Crippen LogP contribution is 2.38. The molecule has 0 saturated carbocycles. The zero-order chi connectivity index (χ0) is 18.8. The largest absolute Gasteiger partial charge is 0.383 e. The number of rotatable bonds is 2. The van der Waals surface area contributed by atoms with Gasteiger partial charge in [0.05, 0.1) is 17.9 Å². The first-order valence-corrected chi connectivity index (χ1v) is 8.76. The number of pyridine rings is 1. The van der Waals surface area contributed by atoms with E-state index in [-0.39, 0.29) is 5.82 Å². The van der Waals surface area contributed by atoms with E-state index < -0.39 is 5.60 Å². The van der Waals surface area contributed by atoms with Crippen molar-refractivity contribution in [3.63, 3.8) is 0 Å². The maximum atomic E-state index is 9.25. The molecule has 8 heteroatoms. The molecule has 0 atom stereocenters. The Labute approximate surface area is 155 Å². The molecule has 2 aliphatic rings. The van der Waals surface area contributed by atoms with Gasteiger partial charge in [-0.3, -0.25) is 0 Å². The minimum Gasteiger partial charge on any atom is -0.383 e. The number of anilines is 1. The predicted molar refractivity (Wildman–Crippen MR) is 99.3 cm³/mol. The number of allylic oxidation sites excluding steroid dienone is 2. The molecule has 5 rings (SSSR count). The molecular weight excluding hydrogens is 342 g/mol. The normalized spacial score (nSPS) is 17.3. The molecule has 0 amide bonds. The van der Waals surface area contributed by atoms with E-state index >= 15 is 0 Å². The molecule has 0 unspecified atom stereocenters. The molecule has 0 aromatic carbocycles. The Morgan fingerprint density at radius 1 is 1.30 bits per heavy atom. The number of hydrogen-bond acceptors (Lipinski definition) is 7. The van der Waals surface area contributed by atoms with Gasteiger partial charge in [0.2, 0.25) is 0 Å². The van der Waals surface area contributed by atoms with E-state index in [2.05, 4.69) is 21.7 Å². The molecule has 4 heterocycles.